The summed E-state index contributed by atoms with van der Waals surface area (Å²) in [7, 11) is -3.98. The van der Waals surface area contributed by atoms with E-state index < -0.39 is 10.0 Å². The van der Waals surface area contributed by atoms with Gasteiger partial charge in [-0.15, -0.1) is 0 Å². The average molecular weight is 542 g/mol. The Balaban J connectivity index is 1.46. The van der Waals surface area contributed by atoms with Crippen molar-refractivity contribution in [3.8, 4) is 0 Å². The van der Waals surface area contributed by atoms with Gasteiger partial charge in [-0.05, 0) is 61.0 Å². The number of anilines is 3. The molecule has 0 aliphatic carbocycles. The molecule has 1 aliphatic rings. The Morgan fingerprint density at radius 3 is 2.18 bits per heavy atom. The fraction of sp³-hybridized carbons (Fsp3) is 0.194. The number of para-hydroxylation sites is 1. The lowest BCUT2D eigenvalue weighted by molar-refractivity contribution is 0.102. The third kappa shape index (κ3) is 6.13. The van der Waals surface area contributed by atoms with Gasteiger partial charge in [0.2, 0.25) is 0 Å². The maximum atomic E-state index is 14.0. The second-order valence-electron chi connectivity index (χ2n) is 9.43. The predicted molar refractivity (Wildman–Crippen MR) is 155 cm³/mol. The highest BCUT2D eigenvalue weighted by Gasteiger charge is 2.28. The average Bonchev–Trinajstić information content (AvgIpc) is 2.97. The number of nitrogens with zero attached hydrogens (tertiary/aromatic N) is 2. The minimum Gasteiger partial charge on any atom is -0.378 e. The van der Waals surface area contributed by atoms with Gasteiger partial charge in [0.25, 0.3) is 15.9 Å². The van der Waals surface area contributed by atoms with Crippen molar-refractivity contribution in [1.29, 1.82) is 0 Å². The van der Waals surface area contributed by atoms with Gasteiger partial charge in [-0.1, -0.05) is 60.2 Å². The Labute approximate surface area is 229 Å². The Kier molecular flexibility index (Phi) is 7.95. The van der Waals surface area contributed by atoms with Crippen LogP contribution in [0.2, 0.25) is 0 Å². The first-order valence-corrected chi connectivity index (χ1v) is 14.3. The number of rotatable bonds is 8. The van der Waals surface area contributed by atoms with Gasteiger partial charge in [0.15, 0.2) is 0 Å². The molecule has 1 fully saturated rings. The molecule has 0 aromatic heterocycles. The number of hydrogen-bond donors (Lipinski definition) is 1. The first kappa shape index (κ1) is 26.5. The zero-order valence-electron chi connectivity index (χ0n) is 21.8. The number of sulfonamides is 1. The quantitative estimate of drug-likeness (QED) is 0.320. The van der Waals surface area contributed by atoms with Gasteiger partial charge >= 0.3 is 0 Å². The van der Waals surface area contributed by atoms with Gasteiger partial charge in [-0.2, -0.15) is 0 Å². The number of amides is 1. The summed E-state index contributed by atoms with van der Waals surface area (Å²) >= 11 is 0. The number of nitrogens with one attached hydrogen (secondary N) is 1. The molecule has 0 saturated carbocycles. The standard InChI is InChI=1S/C31H31N3O4S/c1-24-11-17-28(18-12-24)39(36,37)34(23-25-7-3-2-4-8-25)30-10-6-5-9-29(30)31(35)32-26-13-15-27(16-14-26)33-19-21-38-22-20-33/h2-18H,19-23H2,1H3,(H,32,35). The van der Waals surface area contributed by atoms with E-state index >= 15 is 0 Å². The maximum Gasteiger partial charge on any atom is 0.264 e. The van der Waals surface area contributed by atoms with E-state index in [-0.39, 0.29) is 22.9 Å². The zero-order chi connectivity index (χ0) is 27.2. The number of benzene rings is 4. The van der Waals surface area contributed by atoms with Crippen LogP contribution in [0.5, 0.6) is 0 Å². The SMILES string of the molecule is Cc1ccc(S(=O)(=O)N(Cc2ccccc2)c2ccccc2C(=O)Nc2ccc(N3CCOCC3)cc2)cc1. The van der Waals surface area contributed by atoms with E-state index in [0.29, 0.717) is 24.6 Å². The van der Waals surface area contributed by atoms with Crippen molar-refractivity contribution in [2.75, 3.05) is 40.8 Å². The topological polar surface area (TPSA) is 79.0 Å². The predicted octanol–water partition coefficient (Wildman–Crippen LogP) is 5.48. The van der Waals surface area contributed by atoms with Crippen molar-refractivity contribution >= 4 is 33.0 Å². The van der Waals surface area contributed by atoms with Gasteiger partial charge in [-0.25, -0.2) is 8.42 Å². The second-order valence-corrected chi connectivity index (χ2v) is 11.3. The Bertz CT molecular complexity index is 1520. The summed E-state index contributed by atoms with van der Waals surface area (Å²) in [6.45, 7) is 5.03. The third-order valence-corrected chi connectivity index (χ3v) is 8.47. The number of ether oxygens (including phenoxy) is 1. The molecular formula is C31H31N3O4S. The summed E-state index contributed by atoms with van der Waals surface area (Å²) in [5.41, 5.74) is 4.04. The molecule has 1 heterocycles. The normalized spacial score (nSPS) is 13.6. The molecule has 1 aliphatic heterocycles. The van der Waals surface area contributed by atoms with Crippen LogP contribution in [0.1, 0.15) is 21.5 Å². The van der Waals surface area contributed by atoms with Crippen LogP contribution in [-0.2, 0) is 21.3 Å². The number of morpholine rings is 1. The molecule has 39 heavy (non-hydrogen) atoms. The molecule has 4 aromatic carbocycles. The van der Waals surface area contributed by atoms with Gasteiger partial charge in [0.05, 0.1) is 35.9 Å². The monoisotopic (exact) mass is 541 g/mol. The van der Waals surface area contributed by atoms with Crippen LogP contribution in [0.4, 0.5) is 17.1 Å². The largest absolute Gasteiger partial charge is 0.378 e. The third-order valence-electron chi connectivity index (χ3n) is 6.70. The van der Waals surface area contributed by atoms with Gasteiger partial charge in [0.1, 0.15) is 0 Å². The lowest BCUT2D eigenvalue weighted by Crippen LogP contribution is -2.36. The van der Waals surface area contributed by atoms with Crippen LogP contribution < -0.4 is 14.5 Å². The molecule has 4 aromatic rings. The number of hydrogen-bond acceptors (Lipinski definition) is 5. The molecule has 0 spiro atoms. The van der Waals surface area contributed by atoms with Crippen molar-refractivity contribution in [3.63, 3.8) is 0 Å². The van der Waals surface area contributed by atoms with E-state index in [1.54, 1.807) is 48.5 Å². The van der Waals surface area contributed by atoms with Gasteiger partial charge in [0, 0.05) is 24.5 Å². The lowest BCUT2D eigenvalue weighted by atomic mass is 10.1. The van der Waals surface area contributed by atoms with Crippen LogP contribution in [0.3, 0.4) is 0 Å². The molecule has 0 bridgehead atoms. The minimum atomic E-state index is -3.98. The molecule has 0 atom stereocenters. The van der Waals surface area contributed by atoms with Crippen molar-refractivity contribution in [2.45, 2.75) is 18.4 Å². The summed E-state index contributed by atoms with van der Waals surface area (Å²) in [6, 6.07) is 30.5. The summed E-state index contributed by atoms with van der Waals surface area (Å²) in [5.74, 6) is -0.387. The highest BCUT2D eigenvalue weighted by molar-refractivity contribution is 7.92. The lowest BCUT2D eigenvalue weighted by Gasteiger charge is -2.29. The van der Waals surface area contributed by atoms with E-state index in [4.69, 9.17) is 4.74 Å². The molecule has 7 nitrogen and oxygen atoms in total. The van der Waals surface area contributed by atoms with Crippen molar-refractivity contribution in [2.24, 2.45) is 0 Å². The first-order valence-electron chi connectivity index (χ1n) is 12.9. The van der Waals surface area contributed by atoms with Crippen LogP contribution >= 0.6 is 0 Å². The fourth-order valence-electron chi connectivity index (χ4n) is 4.55. The Morgan fingerprint density at radius 2 is 1.49 bits per heavy atom. The number of aryl methyl sites for hydroxylation is 1. The van der Waals surface area contributed by atoms with E-state index in [9.17, 15) is 13.2 Å². The molecule has 200 valence electrons. The summed E-state index contributed by atoms with van der Waals surface area (Å²) in [5, 5.41) is 2.94. The summed E-state index contributed by atoms with van der Waals surface area (Å²) in [4.78, 5) is 15.9. The number of carbonyl (C=O) groups is 1. The van der Waals surface area contributed by atoms with E-state index in [1.165, 1.54) is 4.31 Å². The zero-order valence-corrected chi connectivity index (χ0v) is 22.6. The van der Waals surface area contributed by atoms with Gasteiger partial charge < -0.3 is 15.0 Å². The molecule has 8 heteroatoms. The van der Waals surface area contributed by atoms with Crippen LogP contribution in [-0.4, -0.2) is 40.6 Å². The van der Waals surface area contributed by atoms with Crippen LogP contribution in [0.25, 0.3) is 0 Å². The minimum absolute atomic E-state index is 0.0790. The first-order chi connectivity index (χ1) is 18.9. The van der Waals surface area contributed by atoms with Crippen LogP contribution in [0, 0.1) is 6.92 Å². The molecule has 0 radical (unpaired) electrons. The van der Waals surface area contributed by atoms with E-state index in [1.807, 2.05) is 61.5 Å². The Hall–Kier alpha value is -4.14. The second kappa shape index (κ2) is 11.7. The smallest absolute Gasteiger partial charge is 0.264 e. The molecule has 1 amide bonds. The van der Waals surface area contributed by atoms with E-state index in [0.717, 1.165) is 29.9 Å². The van der Waals surface area contributed by atoms with Crippen LogP contribution in [0.15, 0.2) is 108 Å². The highest BCUT2D eigenvalue weighted by Crippen LogP contribution is 2.30. The molecule has 1 saturated heterocycles. The number of carbonyl (C=O) groups excluding carboxylic acids is 1. The molecular weight excluding hydrogens is 510 g/mol. The molecule has 0 unspecified atom stereocenters. The summed E-state index contributed by atoms with van der Waals surface area (Å²) in [6.07, 6.45) is 0. The van der Waals surface area contributed by atoms with Crippen molar-refractivity contribution in [1.82, 2.24) is 0 Å². The summed E-state index contributed by atoms with van der Waals surface area (Å²) < 4.78 is 34.6. The van der Waals surface area contributed by atoms with E-state index in [2.05, 4.69) is 10.2 Å². The maximum absolute atomic E-state index is 14.0. The molecule has 1 N–H and O–H groups in total. The van der Waals surface area contributed by atoms with Gasteiger partial charge in [-0.3, -0.25) is 9.10 Å². The van der Waals surface area contributed by atoms with Crippen molar-refractivity contribution in [3.05, 3.63) is 120 Å². The Morgan fingerprint density at radius 1 is 0.846 bits per heavy atom. The highest BCUT2D eigenvalue weighted by atomic mass is 32.2. The van der Waals surface area contributed by atoms with Crippen molar-refractivity contribution < 1.29 is 17.9 Å². The fourth-order valence-corrected chi connectivity index (χ4v) is 6.02. The molecule has 5 rings (SSSR count).